The van der Waals surface area contributed by atoms with Crippen molar-refractivity contribution >= 4 is 29.3 Å². The highest BCUT2D eigenvalue weighted by Crippen LogP contribution is 2.17. The Kier molecular flexibility index (Phi) is 9.41. The summed E-state index contributed by atoms with van der Waals surface area (Å²) in [6, 6.07) is 0. The molecule has 0 aromatic carbocycles. The van der Waals surface area contributed by atoms with Crippen LogP contribution in [0.3, 0.4) is 0 Å². The molecule has 1 atom stereocenters. The standard InChI is InChI=1S/C11H22ClNOS/c1-4-9(5-2)10(12)8-13-11(14)6-7-15-3/h9-10H,4-8H2,1-3H3,(H,13,14). The summed E-state index contributed by atoms with van der Waals surface area (Å²) in [5.74, 6) is 1.50. The number of rotatable bonds is 8. The number of halogens is 1. The third kappa shape index (κ3) is 7.07. The van der Waals surface area contributed by atoms with E-state index in [1.54, 1.807) is 11.8 Å². The lowest BCUT2D eigenvalue weighted by atomic mass is 9.99. The monoisotopic (exact) mass is 251 g/mol. The van der Waals surface area contributed by atoms with Gasteiger partial charge in [-0.25, -0.2) is 0 Å². The van der Waals surface area contributed by atoms with Gasteiger partial charge in [0.15, 0.2) is 0 Å². The number of alkyl halides is 1. The number of carbonyl (C=O) groups is 1. The lowest BCUT2D eigenvalue weighted by Crippen LogP contribution is -2.33. The summed E-state index contributed by atoms with van der Waals surface area (Å²) in [5, 5.41) is 2.95. The van der Waals surface area contributed by atoms with Gasteiger partial charge in [0.1, 0.15) is 0 Å². The minimum absolute atomic E-state index is 0.0678. The minimum Gasteiger partial charge on any atom is -0.355 e. The number of thioether (sulfide) groups is 1. The molecule has 0 saturated heterocycles. The molecule has 1 amide bonds. The maximum atomic E-state index is 11.3. The van der Waals surface area contributed by atoms with E-state index in [0.717, 1.165) is 18.6 Å². The van der Waals surface area contributed by atoms with E-state index in [9.17, 15) is 4.79 Å². The van der Waals surface area contributed by atoms with Crippen molar-refractivity contribution in [3.63, 3.8) is 0 Å². The molecule has 1 N–H and O–H groups in total. The van der Waals surface area contributed by atoms with Gasteiger partial charge in [0, 0.05) is 18.7 Å². The Morgan fingerprint density at radius 2 is 2.00 bits per heavy atom. The van der Waals surface area contributed by atoms with E-state index in [4.69, 9.17) is 11.6 Å². The zero-order chi connectivity index (χ0) is 11.7. The summed E-state index contributed by atoms with van der Waals surface area (Å²) in [7, 11) is 0. The Labute approximate surface area is 103 Å². The van der Waals surface area contributed by atoms with Crippen molar-refractivity contribution in [2.24, 2.45) is 5.92 Å². The van der Waals surface area contributed by atoms with E-state index in [2.05, 4.69) is 19.2 Å². The first-order valence-electron chi connectivity index (χ1n) is 5.55. The third-order valence-electron chi connectivity index (χ3n) is 2.59. The average molecular weight is 252 g/mol. The van der Waals surface area contributed by atoms with Gasteiger partial charge in [0.25, 0.3) is 0 Å². The first-order chi connectivity index (χ1) is 7.15. The van der Waals surface area contributed by atoms with Gasteiger partial charge >= 0.3 is 0 Å². The van der Waals surface area contributed by atoms with Crippen molar-refractivity contribution in [2.45, 2.75) is 38.5 Å². The average Bonchev–Trinajstić information content (AvgIpc) is 2.25. The van der Waals surface area contributed by atoms with Crippen LogP contribution in [0.25, 0.3) is 0 Å². The van der Waals surface area contributed by atoms with E-state index < -0.39 is 0 Å². The molecule has 0 aromatic heterocycles. The zero-order valence-corrected chi connectivity index (χ0v) is 11.5. The molecule has 0 saturated carbocycles. The summed E-state index contributed by atoms with van der Waals surface area (Å²) in [5.41, 5.74) is 0. The van der Waals surface area contributed by atoms with Crippen LogP contribution in [0.1, 0.15) is 33.1 Å². The fourth-order valence-corrected chi connectivity index (χ4v) is 2.28. The van der Waals surface area contributed by atoms with Gasteiger partial charge in [0.2, 0.25) is 5.91 Å². The van der Waals surface area contributed by atoms with E-state index in [1.165, 1.54) is 0 Å². The molecule has 0 aromatic rings. The van der Waals surface area contributed by atoms with Crippen LogP contribution < -0.4 is 5.32 Å². The summed E-state index contributed by atoms with van der Waals surface area (Å²) in [4.78, 5) is 11.3. The van der Waals surface area contributed by atoms with Crippen molar-refractivity contribution < 1.29 is 4.79 Å². The van der Waals surface area contributed by atoms with Crippen LogP contribution >= 0.6 is 23.4 Å². The predicted octanol–water partition coefficient (Wildman–Crippen LogP) is 2.90. The second kappa shape index (κ2) is 9.34. The molecule has 0 aliphatic heterocycles. The van der Waals surface area contributed by atoms with E-state index >= 15 is 0 Å². The fourth-order valence-electron chi connectivity index (χ4n) is 1.46. The SMILES string of the molecule is CCC(CC)C(Cl)CNC(=O)CCSC. The fraction of sp³-hybridized carbons (Fsp3) is 0.909. The predicted molar refractivity (Wildman–Crippen MR) is 69.7 cm³/mol. The molecular formula is C11H22ClNOS. The van der Waals surface area contributed by atoms with Gasteiger partial charge in [-0.1, -0.05) is 26.7 Å². The molecule has 0 aliphatic rings. The summed E-state index contributed by atoms with van der Waals surface area (Å²) >= 11 is 7.89. The highest BCUT2D eigenvalue weighted by atomic mass is 35.5. The largest absolute Gasteiger partial charge is 0.355 e. The van der Waals surface area contributed by atoms with Crippen LogP contribution in [0.4, 0.5) is 0 Å². The second-order valence-electron chi connectivity index (χ2n) is 3.64. The zero-order valence-electron chi connectivity index (χ0n) is 9.88. The molecule has 0 heterocycles. The summed E-state index contributed by atoms with van der Waals surface area (Å²) in [6.45, 7) is 4.87. The molecule has 15 heavy (non-hydrogen) atoms. The van der Waals surface area contributed by atoms with Crippen LogP contribution in [0.2, 0.25) is 0 Å². The van der Waals surface area contributed by atoms with Gasteiger partial charge in [-0.2, -0.15) is 11.8 Å². The molecule has 0 bridgehead atoms. The lowest BCUT2D eigenvalue weighted by Gasteiger charge is -2.19. The van der Waals surface area contributed by atoms with Gasteiger partial charge in [-0.05, 0) is 12.2 Å². The Balaban J connectivity index is 3.68. The number of carbonyl (C=O) groups excluding carboxylic acids is 1. The molecule has 0 fully saturated rings. The van der Waals surface area contributed by atoms with Crippen molar-refractivity contribution in [1.82, 2.24) is 5.32 Å². The first kappa shape index (κ1) is 15.1. The van der Waals surface area contributed by atoms with Crippen molar-refractivity contribution in [2.75, 3.05) is 18.6 Å². The van der Waals surface area contributed by atoms with Gasteiger partial charge in [0.05, 0.1) is 5.38 Å². The molecule has 4 heteroatoms. The Hall–Kier alpha value is 0.110. The van der Waals surface area contributed by atoms with E-state index in [-0.39, 0.29) is 11.3 Å². The van der Waals surface area contributed by atoms with Gasteiger partial charge in [-0.3, -0.25) is 4.79 Å². The maximum absolute atomic E-state index is 11.3. The van der Waals surface area contributed by atoms with Gasteiger partial charge < -0.3 is 5.32 Å². The number of hydrogen-bond acceptors (Lipinski definition) is 2. The van der Waals surface area contributed by atoms with Crippen molar-refractivity contribution in [3.8, 4) is 0 Å². The van der Waals surface area contributed by atoms with Gasteiger partial charge in [-0.15, -0.1) is 11.6 Å². The molecule has 90 valence electrons. The molecule has 0 rings (SSSR count). The van der Waals surface area contributed by atoms with Crippen LogP contribution in [-0.2, 0) is 4.79 Å². The number of nitrogens with one attached hydrogen (secondary N) is 1. The van der Waals surface area contributed by atoms with E-state index in [1.807, 2.05) is 6.26 Å². The second-order valence-corrected chi connectivity index (χ2v) is 5.19. The van der Waals surface area contributed by atoms with Crippen LogP contribution in [0, 0.1) is 5.92 Å². The minimum atomic E-state index is 0.0678. The molecule has 0 radical (unpaired) electrons. The summed E-state index contributed by atoms with van der Waals surface area (Å²) in [6.07, 6.45) is 4.74. The lowest BCUT2D eigenvalue weighted by molar-refractivity contribution is -0.120. The first-order valence-corrected chi connectivity index (χ1v) is 7.38. The Morgan fingerprint density at radius 3 is 2.47 bits per heavy atom. The highest BCUT2D eigenvalue weighted by molar-refractivity contribution is 7.98. The van der Waals surface area contributed by atoms with Crippen molar-refractivity contribution in [3.05, 3.63) is 0 Å². The number of amides is 1. The molecule has 0 aliphatic carbocycles. The Morgan fingerprint density at radius 1 is 1.40 bits per heavy atom. The van der Waals surface area contributed by atoms with Crippen LogP contribution in [0.5, 0.6) is 0 Å². The highest BCUT2D eigenvalue weighted by Gasteiger charge is 2.16. The van der Waals surface area contributed by atoms with E-state index in [0.29, 0.717) is 18.9 Å². The molecule has 0 spiro atoms. The van der Waals surface area contributed by atoms with Crippen molar-refractivity contribution in [1.29, 1.82) is 0 Å². The molecule has 1 unspecified atom stereocenters. The third-order valence-corrected chi connectivity index (χ3v) is 3.71. The van der Waals surface area contributed by atoms with Crippen LogP contribution in [0.15, 0.2) is 0 Å². The quantitative estimate of drug-likeness (QED) is 0.672. The molecule has 2 nitrogen and oxygen atoms in total. The Bertz CT molecular complexity index is 174. The smallest absolute Gasteiger partial charge is 0.220 e. The van der Waals surface area contributed by atoms with Crippen LogP contribution in [-0.4, -0.2) is 29.8 Å². The molecular weight excluding hydrogens is 230 g/mol. The number of hydrogen-bond donors (Lipinski definition) is 1. The summed E-state index contributed by atoms with van der Waals surface area (Å²) < 4.78 is 0. The topological polar surface area (TPSA) is 29.1 Å². The maximum Gasteiger partial charge on any atom is 0.220 e. The normalized spacial score (nSPS) is 12.9.